The Morgan fingerprint density at radius 2 is 1.29 bits per heavy atom. The molecular formula is C13H21Li. The summed E-state index contributed by atoms with van der Waals surface area (Å²) in [5.74, 6) is 0.763. The molecule has 0 aliphatic carbocycles. The standard InChI is InChI=1S/C13H21.Li/c1-8(2)7-13-11(5)9(3)10(4)12(13)6;/h8H,7H2,1-6H3;/q-1;+1. The Morgan fingerprint density at radius 1 is 0.929 bits per heavy atom. The van der Waals surface area contributed by atoms with E-state index in [4.69, 9.17) is 0 Å². The average molecular weight is 184 g/mol. The second-order valence-electron chi connectivity index (χ2n) is 4.58. The summed E-state index contributed by atoms with van der Waals surface area (Å²) in [5, 5.41) is 0. The van der Waals surface area contributed by atoms with Crippen LogP contribution in [0, 0.1) is 33.6 Å². The van der Waals surface area contributed by atoms with E-state index in [1.54, 1.807) is 5.56 Å². The summed E-state index contributed by atoms with van der Waals surface area (Å²) in [4.78, 5) is 0. The first-order valence-corrected chi connectivity index (χ1v) is 5.17. The first-order valence-electron chi connectivity index (χ1n) is 5.17. The fraction of sp³-hybridized carbons (Fsp3) is 0.615. The fourth-order valence-electron chi connectivity index (χ4n) is 2.01. The van der Waals surface area contributed by atoms with Gasteiger partial charge in [-0.2, -0.15) is 27.8 Å². The molecule has 0 aliphatic heterocycles. The van der Waals surface area contributed by atoms with Crippen LogP contribution in [0.3, 0.4) is 0 Å². The van der Waals surface area contributed by atoms with Crippen molar-refractivity contribution in [2.45, 2.75) is 48.0 Å². The quantitative estimate of drug-likeness (QED) is 0.472. The normalized spacial score (nSPS) is 10.5. The molecule has 0 nitrogen and oxygen atoms in total. The molecule has 14 heavy (non-hydrogen) atoms. The van der Waals surface area contributed by atoms with Crippen LogP contribution in [-0.4, -0.2) is 0 Å². The van der Waals surface area contributed by atoms with E-state index in [1.165, 1.54) is 28.7 Å². The minimum atomic E-state index is 0. The molecule has 0 N–H and O–H groups in total. The topological polar surface area (TPSA) is 0 Å². The molecule has 0 bridgehead atoms. The van der Waals surface area contributed by atoms with E-state index in [1.807, 2.05) is 0 Å². The molecule has 0 saturated heterocycles. The van der Waals surface area contributed by atoms with Crippen LogP contribution in [0.25, 0.3) is 0 Å². The van der Waals surface area contributed by atoms with E-state index in [-0.39, 0.29) is 18.9 Å². The van der Waals surface area contributed by atoms with Crippen molar-refractivity contribution in [1.82, 2.24) is 0 Å². The summed E-state index contributed by atoms with van der Waals surface area (Å²) < 4.78 is 0. The molecule has 0 unspecified atom stereocenters. The van der Waals surface area contributed by atoms with Crippen LogP contribution in [0.2, 0.25) is 0 Å². The Bertz CT molecular complexity index is 280. The smallest absolute Gasteiger partial charge is 0.196 e. The van der Waals surface area contributed by atoms with Crippen molar-refractivity contribution in [3.05, 3.63) is 27.8 Å². The SMILES string of the molecule is Cc1c(C)c(C)[c-](CC(C)C)c1C.[Li+]. The predicted molar refractivity (Wildman–Crippen MR) is 59.5 cm³/mol. The van der Waals surface area contributed by atoms with Gasteiger partial charge in [0, 0.05) is 0 Å². The summed E-state index contributed by atoms with van der Waals surface area (Å²) in [6.07, 6.45) is 1.23. The van der Waals surface area contributed by atoms with E-state index in [2.05, 4.69) is 41.5 Å². The molecule has 0 aliphatic rings. The fourth-order valence-corrected chi connectivity index (χ4v) is 2.01. The maximum Gasteiger partial charge on any atom is 1.00 e. The van der Waals surface area contributed by atoms with Crippen molar-refractivity contribution >= 4 is 0 Å². The van der Waals surface area contributed by atoms with Crippen LogP contribution in [-0.2, 0) is 6.42 Å². The molecule has 0 fully saturated rings. The molecule has 0 atom stereocenters. The molecule has 0 spiro atoms. The molecule has 74 valence electrons. The maximum absolute atomic E-state index is 2.29. The van der Waals surface area contributed by atoms with Gasteiger partial charge in [-0.3, -0.25) is 0 Å². The largest absolute Gasteiger partial charge is 1.00 e. The number of hydrogen-bond acceptors (Lipinski definition) is 0. The number of rotatable bonds is 2. The zero-order chi connectivity index (χ0) is 10.2. The van der Waals surface area contributed by atoms with E-state index in [0.29, 0.717) is 0 Å². The molecule has 1 rings (SSSR count). The third-order valence-electron chi connectivity index (χ3n) is 3.21. The Balaban J connectivity index is 0.00000169. The Kier molecular flexibility index (Phi) is 5.13. The first-order chi connectivity index (χ1) is 5.95. The van der Waals surface area contributed by atoms with Gasteiger partial charge >= 0.3 is 18.9 Å². The Hall–Kier alpha value is -0.0526. The molecule has 0 saturated carbocycles. The summed E-state index contributed by atoms with van der Waals surface area (Å²) in [7, 11) is 0. The van der Waals surface area contributed by atoms with Gasteiger partial charge in [-0.15, -0.1) is 0 Å². The summed E-state index contributed by atoms with van der Waals surface area (Å²) >= 11 is 0. The van der Waals surface area contributed by atoms with Crippen molar-refractivity contribution in [3.8, 4) is 0 Å². The van der Waals surface area contributed by atoms with E-state index < -0.39 is 0 Å². The van der Waals surface area contributed by atoms with Crippen LogP contribution in [0.1, 0.15) is 41.7 Å². The molecular weight excluding hydrogens is 163 g/mol. The monoisotopic (exact) mass is 184 g/mol. The molecule has 0 radical (unpaired) electrons. The molecule has 1 aromatic rings. The second kappa shape index (κ2) is 5.15. The van der Waals surface area contributed by atoms with Gasteiger partial charge in [-0.1, -0.05) is 53.9 Å². The van der Waals surface area contributed by atoms with Crippen LogP contribution in [0.4, 0.5) is 0 Å². The number of hydrogen-bond donors (Lipinski definition) is 0. The Morgan fingerprint density at radius 3 is 1.57 bits per heavy atom. The van der Waals surface area contributed by atoms with Crippen molar-refractivity contribution in [2.24, 2.45) is 5.92 Å². The second-order valence-corrected chi connectivity index (χ2v) is 4.58. The molecule has 0 heterocycles. The Labute approximate surface area is 101 Å². The molecule has 0 amide bonds. The van der Waals surface area contributed by atoms with Crippen molar-refractivity contribution < 1.29 is 18.9 Å². The van der Waals surface area contributed by atoms with Crippen molar-refractivity contribution in [1.29, 1.82) is 0 Å². The third kappa shape index (κ3) is 2.50. The van der Waals surface area contributed by atoms with Gasteiger partial charge in [0.15, 0.2) is 0 Å². The third-order valence-corrected chi connectivity index (χ3v) is 3.21. The van der Waals surface area contributed by atoms with E-state index in [9.17, 15) is 0 Å². The summed E-state index contributed by atoms with van der Waals surface area (Å²) in [6.45, 7) is 13.6. The summed E-state index contributed by atoms with van der Waals surface area (Å²) in [6, 6.07) is 0. The zero-order valence-corrected chi connectivity index (χ0v) is 10.8. The molecule has 0 aromatic heterocycles. The first kappa shape index (κ1) is 13.9. The maximum atomic E-state index is 2.29. The van der Waals surface area contributed by atoms with Gasteiger partial charge in [-0.25, -0.2) is 0 Å². The minimum absolute atomic E-state index is 0. The van der Waals surface area contributed by atoms with Crippen molar-refractivity contribution in [2.75, 3.05) is 0 Å². The predicted octanol–water partition coefficient (Wildman–Crippen LogP) is 0.842. The molecule has 1 heteroatoms. The van der Waals surface area contributed by atoms with Crippen LogP contribution >= 0.6 is 0 Å². The summed E-state index contributed by atoms with van der Waals surface area (Å²) in [5.41, 5.74) is 7.61. The zero-order valence-electron chi connectivity index (χ0n) is 10.8. The van der Waals surface area contributed by atoms with Gasteiger partial charge in [-0.05, 0) is 0 Å². The van der Waals surface area contributed by atoms with Gasteiger partial charge < -0.3 is 0 Å². The van der Waals surface area contributed by atoms with Crippen LogP contribution < -0.4 is 18.9 Å². The van der Waals surface area contributed by atoms with Gasteiger partial charge in [0.25, 0.3) is 0 Å². The van der Waals surface area contributed by atoms with Crippen LogP contribution in [0.5, 0.6) is 0 Å². The van der Waals surface area contributed by atoms with E-state index in [0.717, 1.165) is 5.92 Å². The van der Waals surface area contributed by atoms with Gasteiger partial charge in [0.05, 0.1) is 0 Å². The minimum Gasteiger partial charge on any atom is -0.196 e. The van der Waals surface area contributed by atoms with Gasteiger partial charge in [0.1, 0.15) is 0 Å². The average Bonchev–Trinajstić information content (AvgIpc) is 2.22. The molecule has 1 aromatic carbocycles. The van der Waals surface area contributed by atoms with Crippen molar-refractivity contribution in [3.63, 3.8) is 0 Å². The van der Waals surface area contributed by atoms with Gasteiger partial charge in [0.2, 0.25) is 0 Å². The van der Waals surface area contributed by atoms with E-state index >= 15 is 0 Å². The van der Waals surface area contributed by atoms with Crippen LogP contribution in [0.15, 0.2) is 0 Å².